The van der Waals surface area contributed by atoms with Gasteiger partial charge in [-0.15, -0.1) is 0 Å². The summed E-state index contributed by atoms with van der Waals surface area (Å²) < 4.78 is 10.5. The van der Waals surface area contributed by atoms with Crippen LogP contribution in [0.25, 0.3) is 89.5 Å². The normalized spacial score (nSPS) is 11.8. The van der Waals surface area contributed by atoms with Crippen molar-refractivity contribution < 1.29 is 4.42 Å². The van der Waals surface area contributed by atoms with E-state index in [0.717, 1.165) is 60.3 Å². The van der Waals surface area contributed by atoms with Crippen LogP contribution in [0.4, 0.5) is 0 Å². The molecular weight excluding hydrogens is 580 g/mol. The molecule has 0 atom stereocenters. The van der Waals surface area contributed by atoms with Crippen LogP contribution in [0, 0.1) is 0 Å². The summed E-state index contributed by atoms with van der Waals surface area (Å²) >= 11 is 0. The lowest BCUT2D eigenvalue weighted by molar-refractivity contribution is 0.620. The molecule has 47 heavy (non-hydrogen) atoms. The van der Waals surface area contributed by atoms with Crippen molar-refractivity contribution in [3.8, 4) is 34.7 Å². The Morgan fingerprint density at radius 1 is 0.404 bits per heavy atom. The lowest BCUT2D eigenvalue weighted by Crippen LogP contribution is -2.10. The average molecular weight is 605 g/mol. The van der Waals surface area contributed by atoms with Gasteiger partial charge in [-0.2, -0.15) is 15.0 Å². The summed E-state index contributed by atoms with van der Waals surface area (Å²) in [6.07, 6.45) is 0. The average Bonchev–Trinajstić information content (AvgIpc) is 3.82. The van der Waals surface area contributed by atoms with Crippen molar-refractivity contribution in [2.75, 3.05) is 0 Å². The van der Waals surface area contributed by atoms with Gasteiger partial charge in [-0.1, -0.05) is 91.0 Å². The van der Waals surface area contributed by atoms with E-state index in [9.17, 15) is 0 Å². The minimum atomic E-state index is 0.534. The van der Waals surface area contributed by atoms with E-state index in [0.29, 0.717) is 29.2 Å². The van der Waals surface area contributed by atoms with Gasteiger partial charge in [0.1, 0.15) is 5.52 Å². The van der Waals surface area contributed by atoms with Gasteiger partial charge in [-0.25, -0.2) is 4.98 Å². The summed E-state index contributed by atoms with van der Waals surface area (Å²) in [7, 11) is 0. The molecule has 0 amide bonds. The molecule has 0 aliphatic carbocycles. The Morgan fingerprint density at radius 2 is 0.872 bits per heavy atom. The number of hydrogen-bond acceptors (Lipinski definition) is 5. The van der Waals surface area contributed by atoms with Crippen LogP contribution in [0.2, 0.25) is 0 Å². The molecule has 0 fully saturated rings. The Balaban J connectivity index is 1.27. The van der Waals surface area contributed by atoms with Crippen molar-refractivity contribution >= 4 is 54.7 Å². The molecule has 0 bridgehead atoms. The van der Waals surface area contributed by atoms with Gasteiger partial charge in [-0.05, 0) is 54.6 Å². The third-order valence-corrected chi connectivity index (χ3v) is 8.84. The van der Waals surface area contributed by atoms with E-state index in [1.165, 1.54) is 0 Å². The summed E-state index contributed by atoms with van der Waals surface area (Å²) in [5.74, 6) is 2.18. The number of oxazole rings is 1. The number of nitrogens with zero attached hydrogens (tertiary/aromatic N) is 6. The van der Waals surface area contributed by atoms with Gasteiger partial charge in [0, 0.05) is 32.7 Å². The Labute approximate surface area is 268 Å². The van der Waals surface area contributed by atoms with Gasteiger partial charge < -0.3 is 4.42 Å². The van der Waals surface area contributed by atoms with Crippen LogP contribution < -0.4 is 0 Å². The van der Waals surface area contributed by atoms with Crippen LogP contribution in [0.5, 0.6) is 0 Å². The number of fused-ring (bicyclic) bond motifs is 7. The van der Waals surface area contributed by atoms with E-state index in [2.05, 4.69) is 106 Å². The number of benzene rings is 6. The highest BCUT2D eigenvalue weighted by molar-refractivity contribution is 6.10. The standard InChI is InChI=1S/C40H24N6O/c1-2-12-25(13-3-1)38-41-31-23-22-26(24-36(31)47-38)37-42-39(45-32-18-8-4-14-27(32)28-15-5-9-19-33(28)45)44-40(43-37)46-34-20-10-6-16-29(34)30-17-7-11-21-35(30)46/h1-24H. The van der Waals surface area contributed by atoms with E-state index >= 15 is 0 Å². The maximum Gasteiger partial charge on any atom is 0.240 e. The second-order valence-electron chi connectivity index (χ2n) is 11.6. The molecule has 0 N–H and O–H groups in total. The second-order valence-corrected chi connectivity index (χ2v) is 11.6. The van der Waals surface area contributed by atoms with Crippen LogP contribution >= 0.6 is 0 Å². The monoisotopic (exact) mass is 604 g/mol. The van der Waals surface area contributed by atoms with Crippen molar-refractivity contribution in [3.63, 3.8) is 0 Å². The van der Waals surface area contributed by atoms with Crippen molar-refractivity contribution in [2.45, 2.75) is 0 Å². The first-order chi connectivity index (χ1) is 23.3. The summed E-state index contributed by atoms with van der Waals surface area (Å²) in [5.41, 5.74) is 7.27. The van der Waals surface area contributed by atoms with Crippen molar-refractivity contribution in [1.82, 2.24) is 29.1 Å². The number of hydrogen-bond donors (Lipinski definition) is 0. The fourth-order valence-corrected chi connectivity index (χ4v) is 6.73. The molecule has 4 heterocycles. The highest BCUT2D eigenvalue weighted by Gasteiger charge is 2.20. The maximum absolute atomic E-state index is 6.26. The molecule has 0 aliphatic rings. The SMILES string of the molecule is c1ccc(-c2nc3ccc(-c4nc(-n5c6ccccc6c6ccccc65)nc(-n5c6ccccc6c6ccccc65)n4)cc3o2)cc1. The zero-order valence-electron chi connectivity index (χ0n) is 24.9. The van der Waals surface area contributed by atoms with Crippen LogP contribution in [-0.2, 0) is 0 Å². The first kappa shape index (κ1) is 25.7. The van der Waals surface area contributed by atoms with E-state index in [1.807, 2.05) is 48.5 Å². The molecule has 0 radical (unpaired) electrons. The maximum atomic E-state index is 6.26. The number of para-hydroxylation sites is 4. The topological polar surface area (TPSA) is 74.6 Å². The van der Waals surface area contributed by atoms with E-state index in [1.54, 1.807) is 0 Å². The molecule has 0 spiro atoms. The lowest BCUT2D eigenvalue weighted by atomic mass is 10.2. The molecular formula is C40H24N6O. The molecule has 7 nitrogen and oxygen atoms in total. The fourth-order valence-electron chi connectivity index (χ4n) is 6.73. The molecule has 10 rings (SSSR count). The van der Waals surface area contributed by atoms with Gasteiger partial charge in [0.2, 0.25) is 17.8 Å². The molecule has 7 heteroatoms. The molecule has 6 aromatic carbocycles. The van der Waals surface area contributed by atoms with Gasteiger partial charge in [-0.3, -0.25) is 9.13 Å². The first-order valence-corrected chi connectivity index (χ1v) is 15.5. The van der Waals surface area contributed by atoms with Crippen molar-refractivity contribution in [3.05, 3.63) is 146 Å². The quantitative estimate of drug-likeness (QED) is 0.200. The van der Waals surface area contributed by atoms with Gasteiger partial charge in [0.25, 0.3) is 0 Å². The van der Waals surface area contributed by atoms with E-state index in [4.69, 9.17) is 24.4 Å². The Hall–Kier alpha value is -6.60. The first-order valence-electron chi connectivity index (χ1n) is 15.5. The summed E-state index contributed by atoms with van der Waals surface area (Å²) in [6.45, 7) is 0. The summed E-state index contributed by atoms with van der Waals surface area (Å²) in [4.78, 5) is 20.3. The van der Waals surface area contributed by atoms with Crippen LogP contribution in [-0.4, -0.2) is 29.1 Å². The van der Waals surface area contributed by atoms with Gasteiger partial charge in [0.15, 0.2) is 11.4 Å². The fraction of sp³-hybridized carbons (Fsp3) is 0. The molecule has 0 saturated heterocycles. The van der Waals surface area contributed by atoms with Crippen LogP contribution in [0.15, 0.2) is 150 Å². The van der Waals surface area contributed by atoms with Gasteiger partial charge >= 0.3 is 0 Å². The Kier molecular flexibility index (Phi) is 5.44. The summed E-state index contributed by atoms with van der Waals surface area (Å²) in [5, 5.41) is 4.56. The highest BCUT2D eigenvalue weighted by atomic mass is 16.3. The Morgan fingerprint density at radius 3 is 1.38 bits per heavy atom. The predicted octanol–water partition coefficient (Wildman–Crippen LogP) is 9.54. The summed E-state index contributed by atoms with van der Waals surface area (Å²) in [6, 6.07) is 49.4. The Bertz CT molecular complexity index is 2570. The highest BCUT2D eigenvalue weighted by Crippen LogP contribution is 2.35. The number of aromatic nitrogens is 6. The smallest absolute Gasteiger partial charge is 0.240 e. The molecule has 0 unspecified atom stereocenters. The van der Waals surface area contributed by atoms with Crippen molar-refractivity contribution in [2.24, 2.45) is 0 Å². The third-order valence-electron chi connectivity index (χ3n) is 8.84. The molecule has 0 saturated carbocycles. The predicted molar refractivity (Wildman–Crippen MR) is 187 cm³/mol. The van der Waals surface area contributed by atoms with Crippen LogP contribution in [0.1, 0.15) is 0 Å². The molecule has 4 aromatic heterocycles. The lowest BCUT2D eigenvalue weighted by Gasteiger charge is -2.12. The van der Waals surface area contributed by atoms with Gasteiger partial charge in [0.05, 0.1) is 22.1 Å². The minimum absolute atomic E-state index is 0.534. The molecule has 220 valence electrons. The van der Waals surface area contributed by atoms with Crippen molar-refractivity contribution in [1.29, 1.82) is 0 Å². The minimum Gasteiger partial charge on any atom is -0.436 e. The second kappa shape index (κ2) is 9.95. The molecule has 10 aromatic rings. The van der Waals surface area contributed by atoms with E-state index < -0.39 is 0 Å². The largest absolute Gasteiger partial charge is 0.436 e. The van der Waals surface area contributed by atoms with E-state index in [-0.39, 0.29) is 0 Å². The third kappa shape index (κ3) is 3.93. The van der Waals surface area contributed by atoms with Crippen LogP contribution in [0.3, 0.4) is 0 Å². The zero-order chi connectivity index (χ0) is 30.9. The zero-order valence-corrected chi connectivity index (χ0v) is 24.9. The number of rotatable bonds is 4. The molecule has 0 aliphatic heterocycles.